The Labute approximate surface area is 170 Å². The van der Waals surface area contributed by atoms with Gasteiger partial charge in [-0.25, -0.2) is 9.48 Å². The lowest BCUT2D eigenvalue weighted by molar-refractivity contribution is 0.0476. The molecule has 2 aliphatic heterocycles. The van der Waals surface area contributed by atoms with E-state index in [0.29, 0.717) is 18.4 Å². The summed E-state index contributed by atoms with van der Waals surface area (Å²) in [5.41, 5.74) is 3.72. The van der Waals surface area contributed by atoms with Crippen LogP contribution in [0.2, 0.25) is 0 Å². The Morgan fingerprint density at radius 1 is 1.17 bits per heavy atom. The van der Waals surface area contributed by atoms with Gasteiger partial charge >= 0.3 is 6.03 Å². The lowest BCUT2D eigenvalue weighted by atomic mass is 9.97. The van der Waals surface area contributed by atoms with Crippen LogP contribution < -0.4 is 0 Å². The number of likely N-dealkylation sites (tertiary alicyclic amines) is 1. The van der Waals surface area contributed by atoms with Gasteiger partial charge in [-0.2, -0.15) is 5.10 Å². The summed E-state index contributed by atoms with van der Waals surface area (Å²) in [6.45, 7) is 4.17. The summed E-state index contributed by atoms with van der Waals surface area (Å²) < 4.78 is 1.82. The van der Waals surface area contributed by atoms with E-state index in [1.165, 1.54) is 12.8 Å². The standard InChI is InChI=1S/C22H27N5O2/c1-14-18-19(16-9-10-16)26(13-15-11-25(12-15)22(29)24(2)3)21(28)20(18)27(23-14)17-7-5-4-6-8-17/h4-8,15-16,19H,9-13H2,1-3H3. The highest BCUT2D eigenvalue weighted by Crippen LogP contribution is 2.51. The van der Waals surface area contributed by atoms with E-state index in [4.69, 9.17) is 5.10 Å². The summed E-state index contributed by atoms with van der Waals surface area (Å²) in [6, 6.07) is 10.1. The topological polar surface area (TPSA) is 61.7 Å². The monoisotopic (exact) mass is 393 g/mol. The fourth-order valence-electron chi connectivity index (χ4n) is 4.77. The van der Waals surface area contributed by atoms with Gasteiger partial charge in [0.05, 0.1) is 17.4 Å². The highest BCUT2D eigenvalue weighted by Gasteiger charge is 2.50. The number of urea groups is 1. The van der Waals surface area contributed by atoms with Crippen molar-refractivity contribution in [2.24, 2.45) is 11.8 Å². The van der Waals surface area contributed by atoms with Crippen molar-refractivity contribution in [1.29, 1.82) is 0 Å². The molecule has 3 aliphatic rings. The molecule has 5 rings (SSSR count). The van der Waals surface area contributed by atoms with Gasteiger partial charge in [-0.05, 0) is 37.8 Å². The van der Waals surface area contributed by atoms with Crippen molar-refractivity contribution in [2.45, 2.75) is 25.8 Å². The Morgan fingerprint density at radius 2 is 1.86 bits per heavy atom. The predicted octanol–water partition coefficient (Wildman–Crippen LogP) is 2.70. The molecule has 29 heavy (non-hydrogen) atoms. The van der Waals surface area contributed by atoms with E-state index in [-0.39, 0.29) is 18.0 Å². The van der Waals surface area contributed by atoms with E-state index < -0.39 is 0 Å². The van der Waals surface area contributed by atoms with Gasteiger partial charge in [0.15, 0.2) is 0 Å². The zero-order valence-corrected chi connectivity index (χ0v) is 17.2. The maximum absolute atomic E-state index is 13.5. The van der Waals surface area contributed by atoms with Gasteiger partial charge in [0.1, 0.15) is 5.69 Å². The first-order chi connectivity index (χ1) is 14.0. The Bertz CT molecular complexity index is 957. The molecule has 3 amide bonds. The van der Waals surface area contributed by atoms with Gasteiger partial charge in [0.2, 0.25) is 0 Å². The van der Waals surface area contributed by atoms with Crippen LogP contribution in [0, 0.1) is 18.8 Å². The highest BCUT2D eigenvalue weighted by atomic mass is 16.2. The summed E-state index contributed by atoms with van der Waals surface area (Å²) >= 11 is 0. The molecule has 152 valence electrons. The number of carbonyl (C=O) groups is 2. The van der Waals surface area contributed by atoms with Gasteiger partial charge < -0.3 is 14.7 Å². The van der Waals surface area contributed by atoms with Gasteiger partial charge in [0.25, 0.3) is 5.91 Å². The van der Waals surface area contributed by atoms with Crippen molar-refractivity contribution >= 4 is 11.9 Å². The zero-order chi connectivity index (χ0) is 20.3. The van der Waals surface area contributed by atoms with E-state index in [0.717, 1.165) is 35.7 Å². The molecular weight excluding hydrogens is 366 g/mol. The van der Waals surface area contributed by atoms with Crippen LogP contribution in [0.1, 0.15) is 40.6 Å². The van der Waals surface area contributed by atoms with E-state index in [2.05, 4.69) is 4.90 Å². The second-order valence-corrected chi connectivity index (χ2v) is 8.78. The van der Waals surface area contributed by atoms with Crippen molar-refractivity contribution in [1.82, 2.24) is 24.5 Å². The average molecular weight is 393 g/mol. The zero-order valence-electron chi connectivity index (χ0n) is 17.2. The second kappa shape index (κ2) is 6.61. The van der Waals surface area contributed by atoms with E-state index in [1.807, 2.05) is 46.8 Å². The van der Waals surface area contributed by atoms with Crippen molar-refractivity contribution in [3.05, 3.63) is 47.3 Å². The fourth-order valence-corrected chi connectivity index (χ4v) is 4.77. The molecule has 3 heterocycles. The normalized spacial score (nSPS) is 21.3. The molecule has 1 aromatic heterocycles. The quantitative estimate of drug-likeness (QED) is 0.802. The molecule has 0 N–H and O–H groups in total. The van der Waals surface area contributed by atoms with E-state index in [1.54, 1.807) is 19.0 Å². The Morgan fingerprint density at radius 3 is 2.48 bits per heavy atom. The predicted molar refractivity (Wildman–Crippen MR) is 109 cm³/mol. The van der Waals surface area contributed by atoms with Crippen LogP contribution >= 0.6 is 0 Å². The van der Waals surface area contributed by atoms with Crippen LogP contribution in [-0.4, -0.2) is 70.1 Å². The molecule has 2 aromatic rings. The maximum Gasteiger partial charge on any atom is 0.319 e. The number of nitrogens with zero attached hydrogens (tertiary/aromatic N) is 5. The molecule has 0 radical (unpaired) electrons. The van der Waals surface area contributed by atoms with Crippen molar-refractivity contribution in [3.8, 4) is 5.69 Å². The SMILES string of the molecule is Cc1nn(-c2ccccc2)c2c1C(C1CC1)N(CC1CN(C(=O)N(C)C)C1)C2=O. The van der Waals surface area contributed by atoms with Gasteiger partial charge in [-0.1, -0.05) is 18.2 Å². The van der Waals surface area contributed by atoms with Crippen LogP contribution in [0.4, 0.5) is 4.79 Å². The second-order valence-electron chi connectivity index (χ2n) is 8.78. The van der Waals surface area contributed by atoms with Crippen molar-refractivity contribution < 1.29 is 9.59 Å². The van der Waals surface area contributed by atoms with Gasteiger partial charge in [-0.3, -0.25) is 4.79 Å². The summed E-state index contributed by atoms with van der Waals surface area (Å²) in [4.78, 5) is 31.1. The number of carbonyl (C=O) groups excluding carboxylic acids is 2. The first-order valence-electron chi connectivity index (χ1n) is 10.4. The Hall–Kier alpha value is -2.83. The van der Waals surface area contributed by atoms with Crippen LogP contribution in [0.5, 0.6) is 0 Å². The van der Waals surface area contributed by atoms with Crippen LogP contribution in [0.3, 0.4) is 0 Å². The minimum atomic E-state index is 0.0478. The molecule has 1 atom stereocenters. The number of hydrogen-bond donors (Lipinski definition) is 0. The molecule has 1 aliphatic carbocycles. The molecule has 1 saturated heterocycles. The number of aromatic nitrogens is 2. The third-order valence-electron chi connectivity index (χ3n) is 6.34. The number of hydrogen-bond acceptors (Lipinski definition) is 3. The number of aryl methyl sites for hydroxylation is 1. The summed E-state index contributed by atoms with van der Waals surface area (Å²) in [5.74, 6) is 0.956. The molecule has 7 heteroatoms. The van der Waals surface area contributed by atoms with Crippen LogP contribution in [0.15, 0.2) is 30.3 Å². The minimum Gasteiger partial charge on any atom is -0.331 e. The third kappa shape index (κ3) is 2.91. The average Bonchev–Trinajstić information content (AvgIpc) is 3.40. The molecule has 0 spiro atoms. The van der Waals surface area contributed by atoms with E-state index >= 15 is 0 Å². The number of fused-ring (bicyclic) bond motifs is 1. The molecule has 0 bridgehead atoms. The summed E-state index contributed by atoms with van der Waals surface area (Å²) in [6.07, 6.45) is 2.33. The van der Waals surface area contributed by atoms with Crippen LogP contribution in [0.25, 0.3) is 5.69 Å². The lowest BCUT2D eigenvalue weighted by Crippen LogP contribution is -2.56. The van der Waals surface area contributed by atoms with Crippen molar-refractivity contribution in [2.75, 3.05) is 33.7 Å². The number of para-hydroxylation sites is 1. The lowest BCUT2D eigenvalue weighted by Gasteiger charge is -2.43. The Kier molecular flexibility index (Phi) is 4.15. The Balaban J connectivity index is 1.41. The molecule has 2 fully saturated rings. The third-order valence-corrected chi connectivity index (χ3v) is 6.34. The molecule has 1 unspecified atom stereocenters. The highest BCUT2D eigenvalue weighted by molar-refractivity contribution is 5.98. The van der Waals surface area contributed by atoms with Crippen molar-refractivity contribution in [3.63, 3.8) is 0 Å². The number of rotatable bonds is 4. The van der Waals surface area contributed by atoms with Crippen LogP contribution in [-0.2, 0) is 0 Å². The molecule has 1 saturated carbocycles. The molecule has 7 nitrogen and oxygen atoms in total. The smallest absolute Gasteiger partial charge is 0.319 e. The summed E-state index contributed by atoms with van der Waals surface area (Å²) in [5, 5.41) is 4.73. The first-order valence-corrected chi connectivity index (χ1v) is 10.4. The fraction of sp³-hybridized carbons (Fsp3) is 0.500. The molecular formula is C22H27N5O2. The number of benzene rings is 1. The largest absolute Gasteiger partial charge is 0.331 e. The van der Waals surface area contributed by atoms with Gasteiger partial charge in [0, 0.05) is 45.2 Å². The van der Waals surface area contributed by atoms with E-state index in [9.17, 15) is 9.59 Å². The summed E-state index contributed by atoms with van der Waals surface area (Å²) in [7, 11) is 3.55. The molecule has 1 aromatic carbocycles. The first kappa shape index (κ1) is 18.2. The minimum absolute atomic E-state index is 0.0478. The maximum atomic E-state index is 13.5. The number of amides is 3. The van der Waals surface area contributed by atoms with Gasteiger partial charge in [-0.15, -0.1) is 0 Å².